The van der Waals surface area contributed by atoms with Crippen LogP contribution in [0.3, 0.4) is 0 Å². The lowest BCUT2D eigenvalue weighted by Crippen LogP contribution is -2.36. The summed E-state index contributed by atoms with van der Waals surface area (Å²) in [5, 5.41) is 2.57. The number of benzene rings is 1. The molecule has 0 fully saturated rings. The summed E-state index contributed by atoms with van der Waals surface area (Å²) in [7, 11) is 1.58. The number of likely N-dealkylation sites (N-methyl/N-ethyl adjacent to an activating group) is 1. The Kier molecular flexibility index (Phi) is 6.54. The van der Waals surface area contributed by atoms with Gasteiger partial charge in [-0.1, -0.05) is 31.3 Å². The van der Waals surface area contributed by atoms with Crippen molar-refractivity contribution in [2.75, 3.05) is 20.1 Å². The van der Waals surface area contributed by atoms with Gasteiger partial charge in [-0.2, -0.15) is 0 Å². The van der Waals surface area contributed by atoms with E-state index < -0.39 is 5.82 Å². The Labute approximate surface area is 124 Å². The maximum atomic E-state index is 14.2. The van der Waals surface area contributed by atoms with E-state index in [4.69, 9.17) is 18.0 Å². The molecule has 0 bridgehead atoms. The Morgan fingerprint density at radius 3 is 2.75 bits per heavy atom. The Balaban J connectivity index is 2.90. The molecule has 0 aliphatic heterocycles. The Hall–Kier alpha value is -1.53. The van der Waals surface area contributed by atoms with Crippen molar-refractivity contribution in [3.8, 4) is 0 Å². The second-order valence-corrected chi connectivity index (χ2v) is 4.97. The topological polar surface area (TPSA) is 58.4 Å². The molecule has 4 nitrogen and oxygen atoms in total. The fourth-order valence-corrected chi connectivity index (χ4v) is 2.10. The number of amides is 1. The minimum absolute atomic E-state index is 0.0395. The highest BCUT2D eigenvalue weighted by molar-refractivity contribution is 7.80. The maximum Gasteiger partial charge on any atom is 0.233 e. The first-order chi connectivity index (χ1) is 9.49. The third-order valence-electron chi connectivity index (χ3n) is 2.92. The van der Waals surface area contributed by atoms with Crippen molar-refractivity contribution in [1.29, 1.82) is 0 Å². The number of nitrogens with two attached hydrogens (primary N) is 1. The Morgan fingerprint density at radius 1 is 1.50 bits per heavy atom. The van der Waals surface area contributed by atoms with Gasteiger partial charge in [0.1, 0.15) is 10.8 Å². The third-order valence-corrected chi connectivity index (χ3v) is 3.14. The highest BCUT2D eigenvalue weighted by Crippen LogP contribution is 2.15. The van der Waals surface area contributed by atoms with E-state index in [2.05, 4.69) is 5.32 Å². The van der Waals surface area contributed by atoms with Crippen molar-refractivity contribution in [1.82, 2.24) is 10.2 Å². The Morgan fingerprint density at radius 2 is 2.20 bits per heavy atom. The Bertz CT molecular complexity index is 493. The van der Waals surface area contributed by atoms with E-state index in [1.165, 1.54) is 0 Å². The van der Waals surface area contributed by atoms with Gasteiger partial charge < -0.3 is 11.1 Å². The van der Waals surface area contributed by atoms with E-state index in [0.29, 0.717) is 18.7 Å². The van der Waals surface area contributed by atoms with Crippen LogP contribution in [-0.4, -0.2) is 35.9 Å². The monoisotopic (exact) mass is 297 g/mol. The molecule has 0 unspecified atom stereocenters. The highest BCUT2D eigenvalue weighted by atomic mass is 32.1. The molecule has 0 radical (unpaired) electrons. The molecule has 0 aliphatic rings. The lowest BCUT2D eigenvalue weighted by molar-refractivity contribution is -0.121. The van der Waals surface area contributed by atoms with Crippen molar-refractivity contribution in [3.05, 3.63) is 35.1 Å². The summed E-state index contributed by atoms with van der Waals surface area (Å²) in [5.41, 5.74) is 6.23. The molecule has 0 heterocycles. The van der Waals surface area contributed by atoms with Gasteiger partial charge in [-0.25, -0.2) is 4.39 Å². The summed E-state index contributed by atoms with van der Waals surface area (Å²) in [4.78, 5) is 13.4. The van der Waals surface area contributed by atoms with Gasteiger partial charge in [0.2, 0.25) is 5.91 Å². The van der Waals surface area contributed by atoms with E-state index in [9.17, 15) is 9.18 Å². The molecule has 0 aliphatic carbocycles. The van der Waals surface area contributed by atoms with Crippen LogP contribution >= 0.6 is 12.2 Å². The molecule has 20 heavy (non-hydrogen) atoms. The summed E-state index contributed by atoms with van der Waals surface area (Å²) in [6.45, 7) is 3.31. The number of carbonyl (C=O) groups excluding carboxylic acids is 1. The number of hydrogen-bond donors (Lipinski definition) is 2. The molecule has 0 spiro atoms. The van der Waals surface area contributed by atoms with E-state index in [0.717, 1.165) is 6.42 Å². The smallest absolute Gasteiger partial charge is 0.233 e. The van der Waals surface area contributed by atoms with Crippen LogP contribution in [0.5, 0.6) is 0 Å². The van der Waals surface area contributed by atoms with Crippen molar-refractivity contribution >= 4 is 23.1 Å². The third kappa shape index (κ3) is 4.54. The van der Waals surface area contributed by atoms with Crippen LogP contribution < -0.4 is 11.1 Å². The van der Waals surface area contributed by atoms with Gasteiger partial charge in [-0.3, -0.25) is 9.69 Å². The zero-order valence-electron chi connectivity index (χ0n) is 11.8. The molecule has 0 aromatic heterocycles. The number of thiocarbonyl (C=S) groups is 1. The minimum atomic E-state index is -0.405. The maximum absolute atomic E-state index is 14.2. The van der Waals surface area contributed by atoms with Gasteiger partial charge in [-0.15, -0.1) is 0 Å². The fourth-order valence-electron chi connectivity index (χ4n) is 1.95. The van der Waals surface area contributed by atoms with Crippen molar-refractivity contribution in [2.24, 2.45) is 5.73 Å². The van der Waals surface area contributed by atoms with Crippen LogP contribution in [0.4, 0.5) is 4.39 Å². The molecule has 1 aromatic carbocycles. The van der Waals surface area contributed by atoms with Gasteiger partial charge in [-0.05, 0) is 19.0 Å². The summed E-state index contributed by atoms with van der Waals surface area (Å²) in [6, 6.07) is 4.96. The molecule has 6 heteroatoms. The molecular formula is C14H20FN3OS. The fraction of sp³-hybridized carbons (Fsp3) is 0.429. The number of nitrogens with zero attached hydrogens (tertiary/aromatic N) is 1. The van der Waals surface area contributed by atoms with Crippen LogP contribution in [0.25, 0.3) is 0 Å². The second-order valence-electron chi connectivity index (χ2n) is 4.53. The predicted octanol–water partition coefficient (Wildman–Crippen LogP) is 1.42. The summed E-state index contributed by atoms with van der Waals surface area (Å²) in [6.07, 6.45) is 0.883. The van der Waals surface area contributed by atoms with Crippen LogP contribution in [0.2, 0.25) is 0 Å². The standard InChI is InChI=1S/C14H20FN3OS/c1-3-7-18(9-12(19)17-2)8-10-5-4-6-11(13(10)15)14(16)20/h4-6H,3,7-9H2,1-2H3,(H2,16,20)(H,17,19). The molecule has 0 saturated heterocycles. The molecule has 1 aromatic rings. The van der Waals surface area contributed by atoms with Gasteiger partial charge in [0.15, 0.2) is 0 Å². The first-order valence-corrected chi connectivity index (χ1v) is 6.90. The number of rotatable bonds is 7. The van der Waals surface area contributed by atoms with Crippen LogP contribution in [0, 0.1) is 5.82 Å². The number of carbonyl (C=O) groups is 1. The number of nitrogens with one attached hydrogen (secondary N) is 1. The first-order valence-electron chi connectivity index (χ1n) is 6.49. The lowest BCUT2D eigenvalue weighted by Gasteiger charge is -2.21. The van der Waals surface area contributed by atoms with Crippen molar-refractivity contribution in [2.45, 2.75) is 19.9 Å². The molecule has 1 amide bonds. The zero-order chi connectivity index (χ0) is 15.1. The van der Waals surface area contributed by atoms with E-state index in [1.807, 2.05) is 11.8 Å². The SMILES string of the molecule is CCCN(CC(=O)NC)Cc1cccc(C(N)=S)c1F. The van der Waals surface area contributed by atoms with Crippen molar-refractivity contribution < 1.29 is 9.18 Å². The average Bonchev–Trinajstić information content (AvgIpc) is 2.40. The van der Waals surface area contributed by atoms with Gasteiger partial charge in [0, 0.05) is 24.7 Å². The molecular weight excluding hydrogens is 277 g/mol. The normalized spacial score (nSPS) is 10.6. The molecule has 3 N–H and O–H groups in total. The van der Waals surface area contributed by atoms with Crippen LogP contribution in [0.1, 0.15) is 24.5 Å². The predicted molar refractivity (Wildman–Crippen MR) is 81.9 cm³/mol. The number of halogens is 1. The first kappa shape index (κ1) is 16.5. The molecule has 0 atom stereocenters. The van der Waals surface area contributed by atoms with Gasteiger partial charge in [0.05, 0.1) is 6.54 Å². The molecule has 0 saturated carbocycles. The summed E-state index contributed by atoms with van der Waals surface area (Å²) < 4.78 is 14.2. The minimum Gasteiger partial charge on any atom is -0.389 e. The van der Waals surface area contributed by atoms with Gasteiger partial charge >= 0.3 is 0 Å². The molecule has 110 valence electrons. The van der Waals surface area contributed by atoms with Crippen molar-refractivity contribution in [3.63, 3.8) is 0 Å². The van der Waals surface area contributed by atoms with E-state index >= 15 is 0 Å². The summed E-state index contributed by atoms with van der Waals surface area (Å²) >= 11 is 4.82. The average molecular weight is 297 g/mol. The quantitative estimate of drug-likeness (QED) is 0.747. The van der Waals surface area contributed by atoms with E-state index in [-0.39, 0.29) is 23.0 Å². The molecule has 1 rings (SSSR count). The summed E-state index contributed by atoms with van der Waals surface area (Å²) in [5.74, 6) is -0.498. The van der Waals surface area contributed by atoms with Crippen LogP contribution in [-0.2, 0) is 11.3 Å². The van der Waals surface area contributed by atoms with Gasteiger partial charge in [0.25, 0.3) is 0 Å². The number of hydrogen-bond acceptors (Lipinski definition) is 3. The zero-order valence-corrected chi connectivity index (χ0v) is 12.6. The van der Waals surface area contributed by atoms with E-state index in [1.54, 1.807) is 25.2 Å². The second kappa shape index (κ2) is 7.91. The lowest BCUT2D eigenvalue weighted by atomic mass is 10.1. The highest BCUT2D eigenvalue weighted by Gasteiger charge is 2.15. The van der Waals surface area contributed by atoms with Crippen LogP contribution in [0.15, 0.2) is 18.2 Å². The largest absolute Gasteiger partial charge is 0.389 e.